The molecule has 2 unspecified atom stereocenters. The molecule has 0 spiro atoms. The Morgan fingerprint density at radius 1 is 1.32 bits per heavy atom. The SMILES string of the molecule is Cc1ccc(-c2nc(CC(=O)N3CC(CN)CC3C)cs2)cc1.Cl.Cl. The minimum absolute atomic E-state index is 0. The van der Waals surface area contributed by atoms with Gasteiger partial charge in [0.25, 0.3) is 0 Å². The van der Waals surface area contributed by atoms with Crippen LogP contribution in [-0.2, 0) is 11.2 Å². The fourth-order valence-electron chi connectivity index (χ4n) is 3.13. The molecule has 2 aromatic rings. The van der Waals surface area contributed by atoms with Gasteiger partial charge in [-0.25, -0.2) is 4.98 Å². The number of nitrogens with two attached hydrogens (primary N) is 1. The van der Waals surface area contributed by atoms with E-state index in [0.717, 1.165) is 29.2 Å². The highest BCUT2D eigenvalue weighted by molar-refractivity contribution is 7.13. The van der Waals surface area contributed by atoms with Gasteiger partial charge in [0.1, 0.15) is 5.01 Å². The van der Waals surface area contributed by atoms with Gasteiger partial charge >= 0.3 is 0 Å². The Bertz CT molecular complexity index is 690. The number of nitrogens with zero attached hydrogens (tertiary/aromatic N) is 2. The molecule has 25 heavy (non-hydrogen) atoms. The molecule has 1 aliphatic rings. The van der Waals surface area contributed by atoms with Gasteiger partial charge < -0.3 is 10.6 Å². The van der Waals surface area contributed by atoms with Gasteiger partial charge in [0.05, 0.1) is 12.1 Å². The fraction of sp³-hybridized carbons (Fsp3) is 0.444. The smallest absolute Gasteiger partial charge is 0.228 e. The zero-order chi connectivity index (χ0) is 16.4. The molecule has 0 radical (unpaired) electrons. The summed E-state index contributed by atoms with van der Waals surface area (Å²) in [7, 11) is 0. The summed E-state index contributed by atoms with van der Waals surface area (Å²) >= 11 is 1.60. The summed E-state index contributed by atoms with van der Waals surface area (Å²) in [6, 6.07) is 8.61. The van der Waals surface area contributed by atoms with E-state index in [2.05, 4.69) is 43.1 Å². The molecule has 1 aliphatic heterocycles. The second-order valence-electron chi connectivity index (χ2n) is 6.42. The van der Waals surface area contributed by atoms with Gasteiger partial charge in [0.15, 0.2) is 0 Å². The number of aromatic nitrogens is 1. The number of carbonyl (C=O) groups excluding carboxylic acids is 1. The number of likely N-dealkylation sites (tertiary alicyclic amines) is 1. The normalized spacial score (nSPS) is 19.2. The summed E-state index contributed by atoms with van der Waals surface area (Å²) in [5.74, 6) is 0.599. The lowest BCUT2D eigenvalue weighted by atomic mass is 10.1. The van der Waals surface area contributed by atoms with E-state index in [1.165, 1.54) is 5.56 Å². The number of benzene rings is 1. The Kier molecular flexibility index (Phi) is 8.35. The van der Waals surface area contributed by atoms with E-state index < -0.39 is 0 Å². The van der Waals surface area contributed by atoms with E-state index in [4.69, 9.17) is 5.73 Å². The third-order valence-corrected chi connectivity index (χ3v) is 5.44. The molecule has 0 saturated carbocycles. The van der Waals surface area contributed by atoms with Crippen LogP contribution in [0.5, 0.6) is 0 Å². The molecule has 7 heteroatoms. The minimum atomic E-state index is 0. The first kappa shape index (κ1) is 21.9. The quantitative estimate of drug-likeness (QED) is 0.849. The van der Waals surface area contributed by atoms with Gasteiger partial charge in [0, 0.05) is 23.5 Å². The average Bonchev–Trinajstić information content (AvgIpc) is 3.14. The molecule has 4 nitrogen and oxygen atoms in total. The standard InChI is InChI=1S/C18H23N3OS.2ClH/c1-12-3-5-15(6-4-12)18-20-16(11-23-18)8-17(22)21-10-14(9-19)7-13(21)2;;/h3-6,11,13-14H,7-10,19H2,1-2H3;2*1H. The topological polar surface area (TPSA) is 59.2 Å². The number of hydrogen-bond acceptors (Lipinski definition) is 4. The van der Waals surface area contributed by atoms with Gasteiger partial charge in [-0.3, -0.25) is 4.79 Å². The Hall–Kier alpha value is -1.14. The van der Waals surface area contributed by atoms with E-state index in [-0.39, 0.29) is 36.8 Å². The molecule has 1 aromatic carbocycles. The molecule has 138 valence electrons. The zero-order valence-electron chi connectivity index (χ0n) is 14.5. The van der Waals surface area contributed by atoms with E-state index in [9.17, 15) is 4.79 Å². The Balaban J connectivity index is 0.00000156. The van der Waals surface area contributed by atoms with Crippen molar-refractivity contribution >= 4 is 42.1 Å². The highest BCUT2D eigenvalue weighted by atomic mass is 35.5. The van der Waals surface area contributed by atoms with Crippen LogP contribution in [0.25, 0.3) is 10.6 Å². The molecular formula is C18H25Cl2N3OS. The van der Waals surface area contributed by atoms with Crippen molar-refractivity contribution in [2.24, 2.45) is 11.7 Å². The molecule has 1 fully saturated rings. The Labute approximate surface area is 165 Å². The van der Waals surface area contributed by atoms with E-state index in [0.29, 0.717) is 18.9 Å². The molecule has 2 atom stereocenters. The summed E-state index contributed by atoms with van der Waals surface area (Å²) in [5.41, 5.74) is 8.94. The van der Waals surface area contributed by atoms with Crippen molar-refractivity contribution in [3.8, 4) is 10.6 Å². The maximum atomic E-state index is 12.5. The lowest BCUT2D eigenvalue weighted by Gasteiger charge is -2.21. The van der Waals surface area contributed by atoms with Crippen LogP contribution in [0.1, 0.15) is 24.6 Å². The van der Waals surface area contributed by atoms with Crippen molar-refractivity contribution in [1.82, 2.24) is 9.88 Å². The fourth-order valence-corrected chi connectivity index (χ4v) is 3.96. The first-order valence-electron chi connectivity index (χ1n) is 8.07. The molecule has 0 bridgehead atoms. The summed E-state index contributed by atoms with van der Waals surface area (Å²) in [6.07, 6.45) is 1.39. The number of rotatable bonds is 4. The van der Waals surface area contributed by atoms with Crippen LogP contribution in [0.3, 0.4) is 0 Å². The zero-order valence-corrected chi connectivity index (χ0v) is 16.9. The van der Waals surface area contributed by atoms with Crippen molar-refractivity contribution in [3.05, 3.63) is 40.9 Å². The second kappa shape index (κ2) is 9.53. The third kappa shape index (κ3) is 5.17. The largest absolute Gasteiger partial charge is 0.339 e. The summed E-state index contributed by atoms with van der Waals surface area (Å²) in [6.45, 7) is 5.61. The summed E-state index contributed by atoms with van der Waals surface area (Å²) in [5, 5.41) is 2.97. The lowest BCUT2D eigenvalue weighted by Crippen LogP contribution is -2.35. The molecular weight excluding hydrogens is 377 g/mol. The molecule has 1 saturated heterocycles. The number of thiazole rings is 1. The van der Waals surface area contributed by atoms with E-state index in [1.807, 2.05) is 10.3 Å². The van der Waals surface area contributed by atoms with Crippen LogP contribution in [0.15, 0.2) is 29.6 Å². The highest BCUT2D eigenvalue weighted by Crippen LogP contribution is 2.26. The molecule has 1 aromatic heterocycles. The van der Waals surface area contributed by atoms with Crippen molar-refractivity contribution in [3.63, 3.8) is 0 Å². The second-order valence-corrected chi connectivity index (χ2v) is 7.28. The Morgan fingerprint density at radius 3 is 2.60 bits per heavy atom. The number of amides is 1. The highest BCUT2D eigenvalue weighted by Gasteiger charge is 2.31. The van der Waals surface area contributed by atoms with Crippen LogP contribution in [0.2, 0.25) is 0 Å². The number of carbonyl (C=O) groups is 1. The van der Waals surface area contributed by atoms with Crippen molar-refractivity contribution < 1.29 is 4.79 Å². The maximum absolute atomic E-state index is 12.5. The van der Waals surface area contributed by atoms with Crippen LogP contribution in [0.4, 0.5) is 0 Å². The van der Waals surface area contributed by atoms with Gasteiger partial charge in [0.2, 0.25) is 5.91 Å². The van der Waals surface area contributed by atoms with E-state index in [1.54, 1.807) is 11.3 Å². The van der Waals surface area contributed by atoms with Gasteiger partial charge in [-0.2, -0.15) is 0 Å². The van der Waals surface area contributed by atoms with Crippen LogP contribution in [0, 0.1) is 12.8 Å². The van der Waals surface area contributed by atoms with Crippen LogP contribution < -0.4 is 5.73 Å². The van der Waals surface area contributed by atoms with Crippen molar-refractivity contribution in [2.75, 3.05) is 13.1 Å². The third-order valence-electron chi connectivity index (χ3n) is 4.50. The molecule has 0 aliphatic carbocycles. The molecule has 1 amide bonds. The number of hydrogen-bond donors (Lipinski definition) is 1. The molecule has 2 N–H and O–H groups in total. The first-order valence-corrected chi connectivity index (χ1v) is 8.95. The average molecular weight is 402 g/mol. The predicted octanol–water partition coefficient (Wildman–Crippen LogP) is 3.70. The van der Waals surface area contributed by atoms with Crippen LogP contribution >= 0.6 is 36.2 Å². The van der Waals surface area contributed by atoms with E-state index >= 15 is 0 Å². The molecule has 2 heterocycles. The van der Waals surface area contributed by atoms with Crippen molar-refractivity contribution in [2.45, 2.75) is 32.7 Å². The Morgan fingerprint density at radius 2 is 2.00 bits per heavy atom. The first-order chi connectivity index (χ1) is 11.1. The molecule has 3 rings (SSSR count). The monoisotopic (exact) mass is 401 g/mol. The summed E-state index contributed by atoms with van der Waals surface area (Å²) < 4.78 is 0. The van der Waals surface area contributed by atoms with Gasteiger partial charge in [-0.15, -0.1) is 36.2 Å². The number of halogens is 2. The van der Waals surface area contributed by atoms with Gasteiger partial charge in [-0.1, -0.05) is 29.8 Å². The lowest BCUT2D eigenvalue weighted by molar-refractivity contribution is -0.131. The van der Waals surface area contributed by atoms with Gasteiger partial charge in [-0.05, 0) is 32.7 Å². The minimum Gasteiger partial charge on any atom is -0.339 e. The summed E-state index contributed by atoms with van der Waals surface area (Å²) in [4.78, 5) is 19.1. The predicted molar refractivity (Wildman–Crippen MR) is 109 cm³/mol. The van der Waals surface area contributed by atoms with Crippen molar-refractivity contribution in [1.29, 1.82) is 0 Å². The number of aryl methyl sites for hydroxylation is 1. The van der Waals surface area contributed by atoms with Crippen LogP contribution in [-0.4, -0.2) is 34.9 Å². The maximum Gasteiger partial charge on any atom is 0.228 e.